The van der Waals surface area contributed by atoms with Crippen LogP contribution in [0.1, 0.15) is 35.6 Å². The summed E-state index contributed by atoms with van der Waals surface area (Å²) in [6.07, 6.45) is -2.80. The minimum atomic E-state index is -4.38. The maximum atomic E-state index is 13.2. The summed E-state index contributed by atoms with van der Waals surface area (Å²) in [5.74, 6) is 0. The van der Waals surface area contributed by atoms with Crippen LogP contribution in [0.3, 0.4) is 0 Å². The van der Waals surface area contributed by atoms with E-state index in [1.807, 2.05) is 0 Å². The molecule has 4 heteroatoms. The van der Waals surface area contributed by atoms with Gasteiger partial charge in [-0.3, -0.25) is 0 Å². The molecule has 0 radical (unpaired) electrons. The SMILES string of the molecule is OC1CCCc2c(-c3ccccc3C(F)(F)F)cccc21. The molecular weight excluding hydrogens is 277 g/mol. The van der Waals surface area contributed by atoms with Crippen molar-refractivity contribution in [3.8, 4) is 11.1 Å². The number of hydrogen-bond acceptors (Lipinski definition) is 1. The van der Waals surface area contributed by atoms with Gasteiger partial charge in [-0.2, -0.15) is 13.2 Å². The summed E-state index contributed by atoms with van der Waals surface area (Å²) < 4.78 is 39.6. The lowest BCUT2D eigenvalue weighted by Gasteiger charge is -2.25. The fourth-order valence-corrected chi connectivity index (χ4v) is 3.04. The molecule has 0 aromatic heterocycles. The van der Waals surface area contributed by atoms with E-state index >= 15 is 0 Å². The Morgan fingerprint density at radius 3 is 2.43 bits per heavy atom. The van der Waals surface area contributed by atoms with Crippen LogP contribution in [0.5, 0.6) is 0 Å². The number of aliphatic hydroxyl groups is 1. The summed E-state index contributed by atoms with van der Waals surface area (Å²) in [6, 6.07) is 10.9. The number of rotatable bonds is 1. The second kappa shape index (κ2) is 5.19. The molecule has 0 aliphatic heterocycles. The molecule has 1 unspecified atom stereocenters. The molecule has 2 aromatic carbocycles. The van der Waals surface area contributed by atoms with E-state index in [1.54, 1.807) is 24.3 Å². The highest BCUT2D eigenvalue weighted by molar-refractivity contribution is 5.73. The third-order valence-corrected chi connectivity index (χ3v) is 4.00. The predicted octanol–water partition coefficient (Wildman–Crippen LogP) is 4.74. The summed E-state index contributed by atoms with van der Waals surface area (Å²) in [7, 11) is 0. The Bertz CT molecular complexity index is 661. The second-order valence-corrected chi connectivity index (χ2v) is 5.32. The maximum absolute atomic E-state index is 13.2. The van der Waals surface area contributed by atoms with Gasteiger partial charge in [0.2, 0.25) is 0 Å². The van der Waals surface area contributed by atoms with Gasteiger partial charge in [0, 0.05) is 0 Å². The first-order chi connectivity index (χ1) is 9.98. The molecule has 1 aliphatic carbocycles. The van der Waals surface area contributed by atoms with Gasteiger partial charge in [0.15, 0.2) is 0 Å². The molecule has 1 nitrogen and oxygen atoms in total. The fourth-order valence-electron chi connectivity index (χ4n) is 3.04. The predicted molar refractivity (Wildman–Crippen MR) is 74.8 cm³/mol. The van der Waals surface area contributed by atoms with Crippen molar-refractivity contribution < 1.29 is 18.3 Å². The molecule has 0 saturated carbocycles. The summed E-state index contributed by atoms with van der Waals surface area (Å²) in [5, 5.41) is 10.0. The van der Waals surface area contributed by atoms with Gasteiger partial charge in [0.1, 0.15) is 0 Å². The minimum Gasteiger partial charge on any atom is -0.388 e. The summed E-state index contributed by atoms with van der Waals surface area (Å²) >= 11 is 0. The topological polar surface area (TPSA) is 20.2 Å². The Balaban J connectivity index is 2.21. The molecule has 3 rings (SSSR count). The monoisotopic (exact) mass is 292 g/mol. The normalized spacial score (nSPS) is 18.4. The highest BCUT2D eigenvalue weighted by atomic mass is 19.4. The fraction of sp³-hybridized carbons (Fsp3) is 0.294. The Morgan fingerprint density at radius 1 is 0.952 bits per heavy atom. The van der Waals surface area contributed by atoms with Crippen LogP contribution >= 0.6 is 0 Å². The van der Waals surface area contributed by atoms with E-state index in [1.165, 1.54) is 12.1 Å². The lowest BCUT2D eigenvalue weighted by atomic mass is 9.83. The van der Waals surface area contributed by atoms with Gasteiger partial charge in [-0.15, -0.1) is 0 Å². The molecule has 0 bridgehead atoms. The minimum absolute atomic E-state index is 0.191. The molecule has 2 aromatic rings. The van der Waals surface area contributed by atoms with Crippen LogP contribution in [0.25, 0.3) is 11.1 Å². The van der Waals surface area contributed by atoms with Gasteiger partial charge < -0.3 is 5.11 Å². The highest BCUT2D eigenvalue weighted by Gasteiger charge is 2.34. The molecule has 0 fully saturated rings. The molecule has 110 valence electrons. The number of halogens is 3. The molecule has 1 aliphatic rings. The van der Waals surface area contributed by atoms with E-state index in [-0.39, 0.29) is 5.56 Å². The van der Waals surface area contributed by atoms with Crippen molar-refractivity contribution in [1.82, 2.24) is 0 Å². The van der Waals surface area contributed by atoms with Crippen molar-refractivity contribution in [1.29, 1.82) is 0 Å². The van der Waals surface area contributed by atoms with Crippen LogP contribution in [0, 0.1) is 0 Å². The summed E-state index contributed by atoms with van der Waals surface area (Å²) in [6.45, 7) is 0. The van der Waals surface area contributed by atoms with Crippen molar-refractivity contribution in [3.05, 3.63) is 59.2 Å². The molecular formula is C17H15F3O. The standard InChI is InChI=1S/C17H15F3O/c18-17(19,20)15-9-2-1-5-13(15)11-6-3-8-14-12(11)7-4-10-16(14)21/h1-3,5-6,8-9,16,21H,4,7,10H2. The number of aliphatic hydroxyl groups excluding tert-OH is 1. The third-order valence-electron chi connectivity index (χ3n) is 4.00. The number of hydrogen-bond donors (Lipinski definition) is 1. The molecule has 1 N–H and O–H groups in total. The zero-order chi connectivity index (χ0) is 15.0. The van der Waals surface area contributed by atoms with Crippen LogP contribution in [-0.2, 0) is 12.6 Å². The van der Waals surface area contributed by atoms with Crippen molar-refractivity contribution in [3.63, 3.8) is 0 Å². The quantitative estimate of drug-likeness (QED) is 0.804. The van der Waals surface area contributed by atoms with Gasteiger partial charge in [-0.1, -0.05) is 36.4 Å². The Hall–Kier alpha value is -1.81. The molecule has 1 atom stereocenters. The summed E-state index contributed by atoms with van der Waals surface area (Å²) in [5.41, 5.74) is 1.75. The third kappa shape index (κ3) is 2.56. The van der Waals surface area contributed by atoms with E-state index in [0.717, 1.165) is 23.6 Å². The Labute approximate surface area is 121 Å². The second-order valence-electron chi connectivity index (χ2n) is 5.32. The van der Waals surface area contributed by atoms with Crippen molar-refractivity contribution in [2.75, 3.05) is 0 Å². The van der Waals surface area contributed by atoms with Gasteiger partial charge in [-0.25, -0.2) is 0 Å². The molecule has 0 heterocycles. The number of benzene rings is 2. The van der Waals surface area contributed by atoms with Crippen LogP contribution in [-0.4, -0.2) is 5.11 Å². The van der Waals surface area contributed by atoms with Gasteiger partial charge >= 0.3 is 6.18 Å². The first-order valence-electron chi connectivity index (χ1n) is 6.95. The van der Waals surface area contributed by atoms with E-state index in [2.05, 4.69) is 0 Å². The first kappa shape index (κ1) is 14.1. The van der Waals surface area contributed by atoms with Crippen LogP contribution in [0.4, 0.5) is 13.2 Å². The lowest BCUT2D eigenvalue weighted by molar-refractivity contribution is -0.137. The van der Waals surface area contributed by atoms with Gasteiger partial charge in [0.05, 0.1) is 11.7 Å². The average Bonchev–Trinajstić information content (AvgIpc) is 2.46. The summed E-state index contributed by atoms with van der Waals surface area (Å²) in [4.78, 5) is 0. The van der Waals surface area contributed by atoms with Crippen LogP contribution < -0.4 is 0 Å². The van der Waals surface area contributed by atoms with Gasteiger partial charge in [-0.05, 0) is 47.6 Å². The average molecular weight is 292 g/mol. The van der Waals surface area contributed by atoms with Crippen LogP contribution in [0.15, 0.2) is 42.5 Å². The molecule has 21 heavy (non-hydrogen) atoms. The van der Waals surface area contributed by atoms with Crippen LogP contribution in [0.2, 0.25) is 0 Å². The largest absolute Gasteiger partial charge is 0.417 e. The van der Waals surface area contributed by atoms with E-state index < -0.39 is 17.8 Å². The number of alkyl halides is 3. The maximum Gasteiger partial charge on any atom is 0.417 e. The van der Waals surface area contributed by atoms with Gasteiger partial charge in [0.25, 0.3) is 0 Å². The van der Waals surface area contributed by atoms with E-state index in [4.69, 9.17) is 0 Å². The van der Waals surface area contributed by atoms with Crippen molar-refractivity contribution in [2.45, 2.75) is 31.5 Å². The highest BCUT2D eigenvalue weighted by Crippen LogP contribution is 2.41. The Kier molecular flexibility index (Phi) is 3.49. The smallest absolute Gasteiger partial charge is 0.388 e. The van der Waals surface area contributed by atoms with E-state index in [0.29, 0.717) is 18.4 Å². The number of fused-ring (bicyclic) bond motifs is 1. The molecule has 0 amide bonds. The molecule has 0 spiro atoms. The van der Waals surface area contributed by atoms with E-state index in [9.17, 15) is 18.3 Å². The lowest BCUT2D eigenvalue weighted by Crippen LogP contribution is -2.12. The van der Waals surface area contributed by atoms with Crippen molar-refractivity contribution >= 4 is 0 Å². The Morgan fingerprint density at radius 2 is 1.67 bits per heavy atom. The first-order valence-corrected chi connectivity index (χ1v) is 6.95. The zero-order valence-electron chi connectivity index (χ0n) is 11.3. The zero-order valence-corrected chi connectivity index (χ0v) is 11.3. The van der Waals surface area contributed by atoms with Crippen molar-refractivity contribution in [2.24, 2.45) is 0 Å². The molecule has 0 saturated heterocycles.